The number of sulfonamides is 1. The number of nitrogens with zero attached hydrogens (tertiary/aromatic N) is 4. The molecular weight excluding hydrogens is 469 g/mol. The van der Waals surface area contributed by atoms with Crippen molar-refractivity contribution in [2.75, 3.05) is 13.6 Å². The molecule has 2 aromatic carbocycles. The number of benzene rings is 2. The van der Waals surface area contributed by atoms with Crippen molar-refractivity contribution >= 4 is 44.9 Å². The van der Waals surface area contributed by atoms with Crippen LogP contribution in [0.5, 0.6) is 0 Å². The molecule has 0 aliphatic carbocycles. The highest BCUT2D eigenvalue weighted by Gasteiger charge is 2.32. The summed E-state index contributed by atoms with van der Waals surface area (Å²) in [5.41, 5.74) is 2.60. The summed E-state index contributed by atoms with van der Waals surface area (Å²) < 4.78 is 29.7. The number of aromatic nitrogens is 1. The molecule has 1 atom stereocenters. The molecular formula is C22H19Cl2N5O2S. The molecule has 3 aromatic rings. The molecule has 1 aromatic heterocycles. The zero-order chi connectivity index (χ0) is 22.7. The number of halogens is 2. The Bertz CT molecular complexity index is 1260. The zero-order valence-electron chi connectivity index (χ0n) is 17.0. The van der Waals surface area contributed by atoms with Gasteiger partial charge in [-0.3, -0.25) is 4.98 Å². The van der Waals surface area contributed by atoms with Gasteiger partial charge in [-0.25, -0.2) is 5.01 Å². The molecule has 2 heterocycles. The molecule has 32 heavy (non-hydrogen) atoms. The first-order valence-corrected chi connectivity index (χ1v) is 11.9. The van der Waals surface area contributed by atoms with Crippen molar-refractivity contribution in [1.82, 2.24) is 15.3 Å². The van der Waals surface area contributed by atoms with Crippen LogP contribution in [0, 0.1) is 0 Å². The van der Waals surface area contributed by atoms with Crippen molar-refractivity contribution in [2.24, 2.45) is 9.50 Å². The molecule has 0 saturated carbocycles. The number of hydrogen-bond donors (Lipinski definition) is 1. The molecule has 1 aliphatic rings. The Kier molecular flexibility index (Phi) is 6.45. The van der Waals surface area contributed by atoms with Gasteiger partial charge in [0.05, 0.1) is 17.2 Å². The smallest absolute Gasteiger partial charge is 0.285 e. The molecule has 0 saturated heterocycles. The fourth-order valence-corrected chi connectivity index (χ4v) is 4.60. The molecule has 0 bridgehead atoms. The molecule has 10 heteroatoms. The first kappa shape index (κ1) is 22.3. The number of pyridine rings is 1. The van der Waals surface area contributed by atoms with Gasteiger partial charge in [-0.05, 0) is 53.6 Å². The topological polar surface area (TPSA) is 87.0 Å². The Morgan fingerprint density at radius 2 is 1.72 bits per heavy atom. The zero-order valence-corrected chi connectivity index (χ0v) is 19.3. The molecule has 7 nitrogen and oxygen atoms in total. The summed E-state index contributed by atoms with van der Waals surface area (Å²) in [5, 5.41) is 10.2. The van der Waals surface area contributed by atoms with Crippen molar-refractivity contribution in [3.63, 3.8) is 0 Å². The average molecular weight is 488 g/mol. The molecule has 0 amide bonds. The lowest BCUT2D eigenvalue weighted by molar-refractivity contribution is 0.460. The standard InChI is InChI=1S/C22H19Cl2N5O2S/c1-25-22(28-32(30,31)19-10-8-18(24)9-11-19)29-14-20(16-3-2-12-26-13-16)21(27-29)15-4-6-17(23)7-5-15/h2-13,20H,14H2,1H3,(H,25,28)/t20-/m0/s1. The lowest BCUT2D eigenvalue weighted by Crippen LogP contribution is -2.36. The average Bonchev–Trinajstić information content (AvgIpc) is 3.24. The van der Waals surface area contributed by atoms with Crippen molar-refractivity contribution in [3.05, 3.63) is 94.2 Å². The molecule has 0 spiro atoms. The molecule has 1 aliphatic heterocycles. The van der Waals surface area contributed by atoms with Crippen LogP contribution in [0.3, 0.4) is 0 Å². The van der Waals surface area contributed by atoms with Crippen LogP contribution in [-0.4, -0.2) is 43.7 Å². The Hall–Kier alpha value is -2.94. The van der Waals surface area contributed by atoms with Gasteiger partial charge in [0.1, 0.15) is 0 Å². The fourth-order valence-electron chi connectivity index (χ4n) is 3.35. The second-order valence-corrected chi connectivity index (χ2v) is 9.48. The number of hydrazone groups is 1. The lowest BCUT2D eigenvalue weighted by atomic mass is 9.92. The second-order valence-electron chi connectivity index (χ2n) is 7.01. The number of nitrogens with one attached hydrogen (secondary N) is 1. The summed E-state index contributed by atoms with van der Waals surface area (Å²) in [6.45, 7) is 0.388. The van der Waals surface area contributed by atoms with E-state index in [1.54, 1.807) is 36.6 Å². The summed E-state index contributed by atoms with van der Waals surface area (Å²) in [7, 11) is -2.37. The molecule has 4 rings (SSSR count). The van der Waals surface area contributed by atoms with Crippen molar-refractivity contribution < 1.29 is 8.42 Å². The van der Waals surface area contributed by atoms with Crippen LogP contribution >= 0.6 is 23.2 Å². The Morgan fingerprint density at radius 1 is 1.06 bits per heavy atom. The summed E-state index contributed by atoms with van der Waals surface area (Å²) in [6, 6.07) is 17.0. The quantitative estimate of drug-likeness (QED) is 0.440. The van der Waals surface area contributed by atoms with Gasteiger partial charge >= 0.3 is 0 Å². The Morgan fingerprint density at radius 3 is 2.31 bits per heavy atom. The fraction of sp³-hybridized carbons (Fsp3) is 0.136. The minimum absolute atomic E-state index is 0.0413. The predicted molar refractivity (Wildman–Crippen MR) is 127 cm³/mol. The minimum atomic E-state index is -3.97. The van der Waals surface area contributed by atoms with Gasteiger partial charge < -0.3 is 5.32 Å². The first-order chi connectivity index (χ1) is 15.4. The Balaban J connectivity index is 1.73. The van der Waals surface area contributed by atoms with Gasteiger partial charge in [-0.2, -0.15) is 13.5 Å². The van der Waals surface area contributed by atoms with E-state index >= 15 is 0 Å². The van der Waals surface area contributed by atoms with E-state index < -0.39 is 10.0 Å². The van der Waals surface area contributed by atoms with Gasteiger partial charge in [0.2, 0.25) is 5.96 Å². The van der Waals surface area contributed by atoms with Crippen LogP contribution in [0.4, 0.5) is 0 Å². The number of rotatable bonds is 4. The summed E-state index contributed by atoms with van der Waals surface area (Å²) in [6.07, 6.45) is 3.48. The van der Waals surface area contributed by atoms with E-state index in [9.17, 15) is 8.42 Å². The maximum atomic E-state index is 12.8. The van der Waals surface area contributed by atoms with Gasteiger partial charge in [0.25, 0.3) is 10.0 Å². The Labute approximate surface area is 196 Å². The highest BCUT2D eigenvalue weighted by molar-refractivity contribution is 7.90. The van der Waals surface area contributed by atoms with E-state index in [1.165, 1.54) is 24.3 Å². The number of guanidine groups is 1. The van der Waals surface area contributed by atoms with Gasteiger partial charge in [-0.1, -0.05) is 41.4 Å². The van der Waals surface area contributed by atoms with E-state index in [1.807, 2.05) is 24.3 Å². The van der Waals surface area contributed by atoms with Crippen molar-refractivity contribution in [2.45, 2.75) is 10.8 Å². The van der Waals surface area contributed by atoms with Gasteiger partial charge in [0.15, 0.2) is 0 Å². The third-order valence-electron chi connectivity index (χ3n) is 4.93. The summed E-state index contributed by atoms with van der Waals surface area (Å²) in [4.78, 5) is 4.26. The third kappa shape index (κ3) is 4.77. The van der Waals surface area contributed by atoms with Crippen molar-refractivity contribution in [3.8, 4) is 0 Å². The summed E-state index contributed by atoms with van der Waals surface area (Å²) >= 11 is 11.9. The summed E-state index contributed by atoms with van der Waals surface area (Å²) in [5.74, 6) is -0.0283. The highest BCUT2D eigenvalue weighted by Crippen LogP contribution is 2.29. The molecule has 0 radical (unpaired) electrons. The number of hydrogen-bond acceptors (Lipinski definition) is 4. The molecule has 0 fully saturated rings. The maximum Gasteiger partial charge on any atom is 0.285 e. The van der Waals surface area contributed by atoms with Gasteiger partial charge in [0, 0.05) is 35.4 Å². The van der Waals surface area contributed by atoms with E-state index in [0.717, 1.165) is 16.8 Å². The van der Waals surface area contributed by atoms with Gasteiger partial charge in [-0.15, -0.1) is 4.40 Å². The predicted octanol–water partition coefficient (Wildman–Crippen LogP) is 4.16. The second kappa shape index (κ2) is 9.28. The molecule has 164 valence electrons. The normalized spacial score (nSPS) is 16.7. The van der Waals surface area contributed by atoms with Crippen LogP contribution < -0.4 is 5.32 Å². The third-order valence-corrected chi connectivity index (χ3v) is 6.71. The van der Waals surface area contributed by atoms with E-state index in [2.05, 4.69) is 14.7 Å². The highest BCUT2D eigenvalue weighted by atomic mass is 35.5. The van der Waals surface area contributed by atoms with E-state index in [4.69, 9.17) is 28.3 Å². The maximum absolute atomic E-state index is 12.8. The lowest BCUT2D eigenvalue weighted by Gasteiger charge is -2.17. The van der Waals surface area contributed by atoms with Crippen LogP contribution in [0.25, 0.3) is 0 Å². The SMILES string of the molecule is CN/C(=N\S(=O)(=O)c1ccc(Cl)cc1)N1C[C@@H](c2cccnc2)C(c2ccc(Cl)cc2)=N1. The minimum Gasteiger partial charge on any atom is -0.357 e. The monoisotopic (exact) mass is 487 g/mol. The van der Waals surface area contributed by atoms with Crippen LogP contribution in [0.2, 0.25) is 10.0 Å². The van der Waals surface area contributed by atoms with Crippen LogP contribution in [-0.2, 0) is 10.0 Å². The largest absolute Gasteiger partial charge is 0.357 e. The van der Waals surface area contributed by atoms with Crippen LogP contribution in [0.15, 0.2) is 87.5 Å². The molecule has 1 N–H and O–H groups in total. The first-order valence-electron chi connectivity index (χ1n) is 9.67. The van der Waals surface area contributed by atoms with E-state index in [-0.39, 0.29) is 16.8 Å². The molecule has 0 unspecified atom stereocenters. The van der Waals surface area contributed by atoms with E-state index in [0.29, 0.717) is 16.6 Å². The van der Waals surface area contributed by atoms with Crippen LogP contribution in [0.1, 0.15) is 17.0 Å². The van der Waals surface area contributed by atoms with Crippen molar-refractivity contribution in [1.29, 1.82) is 0 Å².